The number of hydrogen-bond acceptors (Lipinski definition) is 6. The third-order valence-corrected chi connectivity index (χ3v) is 7.83. The minimum absolute atomic E-state index is 0.157. The molecule has 32 heavy (non-hydrogen) atoms. The molecule has 1 saturated carbocycles. The van der Waals surface area contributed by atoms with Crippen LogP contribution in [0.4, 0.5) is 13.2 Å². The molecule has 12 heteroatoms. The van der Waals surface area contributed by atoms with Gasteiger partial charge in [0, 0.05) is 26.0 Å². The molecule has 176 valence electrons. The first-order valence-electron chi connectivity index (χ1n) is 9.71. The van der Waals surface area contributed by atoms with Crippen molar-refractivity contribution < 1.29 is 41.0 Å². The summed E-state index contributed by atoms with van der Waals surface area (Å²) in [4.78, 5) is 10.5. The molecule has 0 amide bonds. The zero-order chi connectivity index (χ0) is 23.7. The molecular formula is C20H23F3N2O6S. The normalized spacial score (nSPS) is 21.7. The third kappa shape index (κ3) is 4.81. The number of carboxylic acids is 1. The molecule has 3 atom stereocenters. The number of methoxy groups -OCH3 is 2. The maximum Gasteiger partial charge on any atom is 0.417 e. The van der Waals surface area contributed by atoms with Gasteiger partial charge in [-0.25, -0.2) is 8.42 Å². The molecule has 8 nitrogen and oxygen atoms in total. The van der Waals surface area contributed by atoms with Gasteiger partial charge < -0.3 is 14.6 Å². The number of benzene rings is 1. The van der Waals surface area contributed by atoms with Crippen molar-refractivity contribution in [3.8, 4) is 11.1 Å². The van der Waals surface area contributed by atoms with E-state index in [0.29, 0.717) is 18.7 Å². The summed E-state index contributed by atoms with van der Waals surface area (Å²) in [5.41, 5.74) is -0.751. The van der Waals surface area contributed by atoms with E-state index in [9.17, 15) is 31.5 Å². The number of rotatable bonds is 8. The maximum atomic E-state index is 13.9. The van der Waals surface area contributed by atoms with E-state index in [4.69, 9.17) is 9.47 Å². The second-order valence-electron chi connectivity index (χ2n) is 7.55. The van der Waals surface area contributed by atoms with Gasteiger partial charge in [0.05, 0.1) is 47.1 Å². The Balaban J connectivity index is 1.99. The van der Waals surface area contributed by atoms with E-state index in [0.717, 1.165) is 12.1 Å². The molecule has 0 saturated heterocycles. The molecule has 1 aromatic heterocycles. The standard InChI is InChI=1S/C20H23F3N2O6S/c1-30-6-5-25-11-13(10-24-25)12-3-4-18(16(7-12)20(21,22)23)32(28,29)14-8-15(19(26)27)17(9-14)31-2/h3-4,7,10-11,14-15,17H,5-6,8-9H2,1-2H3,(H,26,27)/t14-,15-,17-/m1/s1. The highest BCUT2D eigenvalue weighted by molar-refractivity contribution is 7.92. The van der Waals surface area contributed by atoms with Crippen molar-refractivity contribution in [2.24, 2.45) is 5.92 Å². The molecule has 0 bridgehead atoms. The third-order valence-electron chi connectivity index (χ3n) is 5.60. The quantitative estimate of drug-likeness (QED) is 0.624. The summed E-state index contributed by atoms with van der Waals surface area (Å²) in [6, 6.07) is 3.00. The number of aromatic nitrogens is 2. The fourth-order valence-corrected chi connectivity index (χ4v) is 5.91. The summed E-state index contributed by atoms with van der Waals surface area (Å²) in [5, 5.41) is 12.1. The van der Waals surface area contributed by atoms with Crippen molar-refractivity contribution in [2.45, 2.75) is 41.8 Å². The fraction of sp³-hybridized carbons (Fsp3) is 0.500. The Hall–Kier alpha value is -2.44. The summed E-state index contributed by atoms with van der Waals surface area (Å²) in [6.07, 6.45) is -3.41. The molecule has 1 heterocycles. The predicted octanol–water partition coefficient (Wildman–Crippen LogP) is 2.87. The Labute approximate surface area is 182 Å². The Bertz CT molecular complexity index is 1080. The summed E-state index contributed by atoms with van der Waals surface area (Å²) >= 11 is 0. The highest BCUT2D eigenvalue weighted by Gasteiger charge is 2.47. The number of halogens is 3. The minimum Gasteiger partial charge on any atom is -0.481 e. The van der Waals surface area contributed by atoms with Gasteiger partial charge in [-0.3, -0.25) is 9.48 Å². The Morgan fingerprint density at radius 2 is 1.97 bits per heavy atom. The molecule has 1 N–H and O–H groups in total. The second kappa shape index (κ2) is 9.20. The van der Waals surface area contributed by atoms with Gasteiger partial charge in [-0.15, -0.1) is 0 Å². The second-order valence-corrected chi connectivity index (χ2v) is 9.75. The minimum atomic E-state index is -4.93. The van der Waals surface area contributed by atoms with Gasteiger partial charge in [0.2, 0.25) is 0 Å². The van der Waals surface area contributed by atoms with Gasteiger partial charge in [-0.05, 0) is 30.5 Å². The lowest BCUT2D eigenvalue weighted by atomic mass is 10.1. The summed E-state index contributed by atoms with van der Waals surface area (Å²) in [6.45, 7) is 0.773. The first kappa shape index (κ1) is 24.2. The Morgan fingerprint density at radius 1 is 1.25 bits per heavy atom. The van der Waals surface area contributed by atoms with Crippen LogP contribution in [0, 0.1) is 5.92 Å². The number of ether oxygens (including phenoxy) is 2. The van der Waals surface area contributed by atoms with E-state index in [1.165, 1.54) is 31.2 Å². The van der Waals surface area contributed by atoms with Gasteiger partial charge in [0.15, 0.2) is 9.84 Å². The maximum absolute atomic E-state index is 13.9. The van der Waals surface area contributed by atoms with Crippen molar-refractivity contribution in [2.75, 3.05) is 20.8 Å². The van der Waals surface area contributed by atoms with E-state index in [1.54, 1.807) is 6.20 Å². The summed E-state index contributed by atoms with van der Waals surface area (Å²) in [7, 11) is -1.71. The average Bonchev–Trinajstić information content (AvgIpc) is 3.38. The van der Waals surface area contributed by atoms with E-state index < -0.39 is 49.7 Å². The van der Waals surface area contributed by atoms with Crippen molar-refractivity contribution in [3.05, 3.63) is 36.2 Å². The molecule has 1 aliphatic carbocycles. The summed E-state index contributed by atoms with van der Waals surface area (Å²) in [5.74, 6) is -2.35. The fourth-order valence-electron chi connectivity index (χ4n) is 3.91. The highest BCUT2D eigenvalue weighted by atomic mass is 32.2. The van der Waals surface area contributed by atoms with Crippen LogP contribution < -0.4 is 0 Å². The predicted molar refractivity (Wildman–Crippen MR) is 107 cm³/mol. The topological polar surface area (TPSA) is 108 Å². The van der Waals surface area contributed by atoms with Crippen LogP contribution in [-0.2, 0) is 36.8 Å². The molecule has 0 unspecified atom stereocenters. The van der Waals surface area contributed by atoms with Crippen molar-refractivity contribution in [3.63, 3.8) is 0 Å². The number of carbonyl (C=O) groups is 1. The molecule has 1 fully saturated rings. The number of nitrogens with zero attached hydrogens (tertiary/aromatic N) is 2. The lowest BCUT2D eigenvalue weighted by Gasteiger charge is -2.18. The highest BCUT2D eigenvalue weighted by Crippen LogP contribution is 2.42. The van der Waals surface area contributed by atoms with Crippen LogP contribution in [0.1, 0.15) is 18.4 Å². The van der Waals surface area contributed by atoms with Gasteiger partial charge in [0.25, 0.3) is 0 Å². The van der Waals surface area contributed by atoms with Gasteiger partial charge in [-0.2, -0.15) is 18.3 Å². The molecule has 0 aliphatic heterocycles. The SMILES string of the molecule is COCCn1cc(-c2ccc(S(=O)(=O)[C@H]3C[C@@H](OC)[C@H](C(=O)O)C3)c(C(F)(F)F)c2)cn1. The zero-order valence-electron chi connectivity index (χ0n) is 17.4. The van der Waals surface area contributed by atoms with Gasteiger partial charge in [-0.1, -0.05) is 6.07 Å². The van der Waals surface area contributed by atoms with E-state index in [-0.39, 0.29) is 18.4 Å². The molecule has 1 aliphatic rings. The van der Waals surface area contributed by atoms with E-state index in [2.05, 4.69) is 5.10 Å². The molecular weight excluding hydrogens is 453 g/mol. The number of sulfone groups is 1. The van der Waals surface area contributed by atoms with Crippen LogP contribution in [0.2, 0.25) is 0 Å². The van der Waals surface area contributed by atoms with Gasteiger partial charge >= 0.3 is 12.1 Å². The number of carboxylic acid groups (broad SMARTS) is 1. The summed E-state index contributed by atoms with van der Waals surface area (Å²) < 4.78 is 79.3. The smallest absolute Gasteiger partial charge is 0.417 e. The van der Waals surface area contributed by atoms with Crippen LogP contribution in [0.5, 0.6) is 0 Å². The Kier molecular flexibility index (Phi) is 6.96. The number of alkyl halides is 3. The van der Waals surface area contributed by atoms with Crippen LogP contribution >= 0.6 is 0 Å². The molecule has 2 aromatic rings. The lowest BCUT2D eigenvalue weighted by Crippen LogP contribution is -2.24. The molecule has 0 spiro atoms. The van der Waals surface area contributed by atoms with E-state index in [1.807, 2.05) is 0 Å². The van der Waals surface area contributed by atoms with E-state index >= 15 is 0 Å². The molecule has 0 radical (unpaired) electrons. The van der Waals surface area contributed by atoms with Crippen LogP contribution in [-0.4, -0.2) is 61.5 Å². The first-order valence-corrected chi connectivity index (χ1v) is 11.3. The van der Waals surface area contributed by atoms with Crippen molar-refractivity contribution in [1.29, 1.82) is 0 Å². The van der Waals surface area contributed by atoms with Crippen molar-refractivity contribution in [1.82, 2.24) is 9.78 Å². The first-order chi connectivity index (χ1) is 15.0. The average molecular weight is 476 g/mol. The van der Waals surface area contributed by atoms with Crippen LogP contribution in [0.15, 0.2) is 35.5 Å². The lowest BCUT2D eigenvalue weighted by molar-refractivity contribution is -0.145. The largest absolute Gasteiger partial charge is 0.481 e. The molecule has 1 aromatic carbocycles. The number of aliphatic carboxylic acids is 1. The number of hydrogen-bond donors (Lipinski definition) is 1. The molecule has 3 rings (SSSR count). The van der Waals surface area contributed by atoms with Gasteiger partial charge in [0.1, 0.15) is 0 Å². The Morgan fingerprint density at radius 3 is 2.53 bits per heavy atom. The van der Waals surface area contributed by atoms with Crippen LogP contribution in [0.3, 0.4) is 0 Å². The van der Waals surface area contributed by atoms with Crippen LogP contribution in [0.25, 0.3) is 11.1 Å². The monoisotopic (exact) mass is 476 g/mol. The zero-order valence-corrected chi connectivity index (χ0v) is 18.2. The van der Waals surface area contributed by atoms with Crippen molar-refractivity contribution >= 4 is 15.8 Å².